The van der Waals surface area contributed by atoms with Crippen molar-refractivity contribution in [2.75, 3.05) is 16.8 Å². The number of esters is 1. The van der Waals surface area contributed by atoms with Crippen LogP contribution in [0.3, 0.4) is 0 Å². The summed E-state index contributed by atoms with van der Waals surface area (Å²) < 4.78 is 13.1. The maximum absolute atomic E-state index is 13.3. The molecular formula is C35H34N2O3. The lowest BCUT2D eigenvalue weighted by molar-refractivity contribution is 0.0224. The van der Waals surface area contributed by atoms with Crippen LogP contribution in [0, 0.1) is 12.8 Å². The quantitative estimate of drug-likeness (QED) is 0.263. The fraction of sp³-hybridized carbons (Fsp3) is 0.286. The molecule has 3 atom stereocenters. The number of benzene rings is 4. The molecule has 0 aromatic heterocycles. The van der Waals surface area contributed by atoms with Gasteiger partial charge in [-0.3, -0.25) is 0 Å². The van der Waals surface area contributed by atoms with Crippen molar-refractivity contribution < 1.29 is 14.3 Å². The predicted octanol–water partition coefficient (Wildman–Crippen LogP) is 8.32. The van der Waals surface area contributed by atoms with E-state index < -0.39 is 5.60 Å². The molecule has 3 heterocycles. The molecule has 202 valence electrons. The van der Waals surface area contributed by atoms with Crippen molar-refractivity contribution in [2.24, 2.45) is 5.92 Å². The summed E-state index contributed by atoms with van der Waals surface area (Å²) in [7, 11) is 0. The molecule has 1 N–H and O–H groups in total. The molecule has 0 amide bonds. The highest BCUT2D eigenvalue weighted by molar-refractivity contribution is 5.97. The van der Waals surface area contributed by atoms with E-state index in [1.807, 2.05) is 54.6 Å². The summed E-state index contributed by atoms with van der Waals surface area (Å²) >= 11 is 0. The zero-order valence-corrected chi connectivity index (χ0v) is 23.2. The smallest absolute Gasteiger partial charge is 0.340 e. The number of ether oxygens (including phenoxy) is 2. The molecule has 0 bridgehead atoms. The number of carbonyl (C=O) groups excluding carboxylic acids is 1. The van der Waals surface area contributed by atoms with Crippen LogP contribution in [0.2, 0.25) is 0 Å². The minimum absolute atomic E-state index is 0.313. The Hall–Kier alpha value is -4.25. The number of nitrogens with zero attached hydrogens (tertiary/aromatic N) is 1. The Bertz CT molecular complexity index is 1610. The first-order valence-electron chi connectivity index (χ1n) is 14.4. The highest BCUT2D eigenvalue weighted by Crippen LogP contribution is 2.57. The topological polar surface area (TPSA) is 50.8 Å². The van der Waals surface area contributed by atoms with Gasteiger partial charge in [-0.25, -0.2) is 4.79 Å². The number of fused-ring (bicyclic) bond motifs is 6. The van der Waals surface area contributed by atoms with Crippen LogP contribution in [0.15, 0.2) is 84.9 Å². The molecule has 7 rings (SSSR count). The molecule has 5 nitrogen and oxygen atoms in total. The van der Waals surface area contributed by atoms with Gasteiger partial charge < -0.3 is 19.7 Å². The SMILES string of the molecule is CCCC1CCN(c2ccc3c(c2)Oc2cc(C)c(Nc4ccccc4)cc2C32OC(=O)c3ccccc32)C1C. The summed E-state index contributed by atoms with van der Waals surface area (Å²) in [6, 6.07) is 28.9. The second-order valence-corrected chi connectivity index (χ2v) is 11.3. The lowest BCUT2D eigenvalue weighted by Gasteiger charge is -2.38. The Morgan fingerprint density at radius 1 is 0.925 bits per heavy atom. The van der Waals surface area contributed by atoms with Crippen LogP contribution in [0.5, 0.6) is 11.5 Å². The van der Waals surface area contributed by atoms with E-state index in [1.165, 1.54) is 19.3 Å². The molecule has 1 spiro atoms. The first-order chi connectivity index (χ1) is 19.5. The number of aryl methyl sites for hydroxylation is 1. The maximum atomic E-state index is 13.3. The Balaban J connectivity index is 1.38. The summed E-state index contributed by atoms with van der Waals surface area (Å²) in [4.78, 5) is 15.8. The third-order valence-electron chi connectivity index (χ3n) is 9.00. The Morgan fingerprint density at radius 2 is 1.70 bits per heavy atom. The van der Waals surface area contributed by atoms with Gasteiger partial charge in [0.1, 0.15) is 11.5 Å². The molecule has 1 fully saturated rings. The van der Waals surface area contributed by atoms with Crippen LogP contribution in [0.4, 0.5) is 17.1 Å². The average molecular weight is 531 g/mol. The minimum Gasteiger partial charge on any atom is -0.456 e. The number of hydrogen-bond acceptors (Lipinski definition) is 5. The van der Waals surface area contributed by atoms with Crippen LogP contribution in [0.25, 0.3) is 0 Å². The fourth-order valence-electron chi connectivity index (χ4n) is 6.92. The monoisotopic (exact) mass is 530 g/mol. The van der Waals surface area contributed by atoms with Crippen molar-refractivity contribution >= 4 is 23.0 Å². The molecule has 1 saturated heterocycles. The molecule has 0 saturated carbocycles. The number of nitrogens with one attached hydrogen (secondary N) is 1. The Kier molecular flexibility index (Phi) is 5.85. The normalized spacial score (nSPS) is 22.4. The van der Waals surface area contributed by atoms with Crippen molar-refractivity contribution in [1.82, 2.24) is 0 Å². The zero-order chi connectivity index (χ0) is 27.4. The third kappa shape index (κ3) is 3.71. The van der Waals surface area contributed by atoms with E-state index in [1.54, 1.807) is 0 Å². The molecule has 4 aromatic rings. The van der Waals surface area contributed by atoms with E-state index in [2.05, 4.69) is 61.3 Å². The van der Waals surface area contributed by atoms with E-state index in [0.717, 1.165) is 51.6 Å². The van der Waals surface area contributed by atoms with Crippen molar-refractivity contribution in [3.05, 3.63) is 113 Å². The van der Waals surface area contributed by atoms with Gasteiger partial charge in [0.05, 0.1) is 5.56 Å². The standard InChI is InChI=1S/C35H34N2O3/c1-4-10-24-17-18-37(23(24)3)26-15-16-29-33(20-26)39-32-19-22(2)31(36-25-11-6-5-7-12-25)21-30(32)35(29)28-14-9-8-13-27(28)34(38)40-35/h5-9,11-16,19-21,23-24,36H,4,10,17-18H2,1-3H3. The zero-order valence-electron chi connectivity index (χ0n) is 23.2. The van der Waals surface area contributed by atoms with Gasteiger partial charge in [0.15, 0.2) is 5.60 Å². The summed E-state index contributed by atoms with van der Waals surface area (Å²) in [5, 5.41) is 3.55. The molecule has 5 heteroatoms. The highest BCUT2D eigenvalue weighted by atomic mass is 16.6. The van der Waals surface area contributed by atoms with E-state index in [-0.39, 0.29) is 5.97 Å². The van der Waals surface area contributed by atoms with Gasteiger partial charge >= 0.3 is 5.97 Å². The van der Waals surface area contributed by atoms with Gasteiger partial charge in [-0.15, -0.1) is 0 Å². The van der Waals surface area contributed by atoms with Crippen LogP contribution in [-0.4, -0.2) is 18.6 Å². The fourth-order valence-corrected chi connectivity index (χ4v) is 6.92. The van der Waals surface area contributed by atoms with Crippen LogP contribution in [-0.2, 0) is 10.3 Å². The minimum atomic E-state index is -1.09. The van der Waals surface area contributed by atoms with E-state index in [9.17, 15) is 4.79 Å². The van der Waals surface area contributed by atoms with Gasteiger partial charge in [-0.1, -0.05) is 49.7 Å². The summed E-state index contributed by atoms with van der Waals surface area (Å²) in [5.41, 5.74) is 6.18. The van der Waals surface area contributed by atoms with E-state index in [0.29, 0.717) is 23.3 Å². The second-order valence-electron chi connectivity index (χ2n) is 11.3. The molecule has 0 radical (unpaired) electrons. The number of anilines is 3. The van der Waals surface area contributed by atoms with Gasteiger partial charge in [-0.2, -0.15) is 0 Å². The molecule has 3 aliphatic rings. The van der Waals surface area contributed by atoms with Crippen LogP contribution < -0.4 is 15.0 Å². The lowest BCUT2D eigenvalue weighted by atomic mass is 9.77. The molecule has 3 unspecified atom stereocenters. The summed E-state index contributed by atoms with van der Waals surface area (Å²) in [6.07, 6.45) is 3.67. The molecule has 3 aliphatic heterocycles. The van der Waals surface area contributed by atoms with Crippen molar-refractivity contribution in [3.8, 4) is 11.5 Å². The molecular weight excluding hydrogens is 496 g/mol. The lowest BCUT2D eigenvalue weighted by Crippen LogP contribution is -2.34. The third-order valence-corrected chi connectivity index (χ3v) is 9.00. The van der Waals surface area contributed by atoms with Crippen molar-refractivity contribution in [1.29, 1.82) is 0 Å². The number of hydrogen-bond donors (Lipinski definition) is 1. The molecule has 40 heavy (non-hydrogen) atoms. The van der Waals surface area contributed by atoms with Gasteiger partial charge in [0, 0.05) is 52.4 Å². The van der Waals surface area contributed by atoms with Crippen molar-refractivity contribution in [3.63, 3.8) is 0 Å². The van der Waals surface area contributed by atoms with E-state index in [4.69, 9.17) is 9.47 Å². The van der Waals surface area contributed by atoms with Gasteiger partial charge in [0.25, 0.3) is 0 Å². The largest absolute Gasteiger partial charge is 0.456 e. The first kappa shape index (κ1) is 24.8. The Morgan fingerprint density at radius 3 is 2.52 bits per heavy atom. The maximum Gasteiger partial charge on any atom is 0.340 e. The number of rotatable bonds is 5. The van der Waals surface area contributed by atoms with Crippen molar-refractivity contribution in [2.45, 2.75) is 51.7 Å². The molecule has 0 aliphatic carbocycles. The highest BCUT2D eigenvalue weighted by Gasteiger charge is 2.53. The summed E-state index contributed by atoms with van der Waals surface area (Å²) in [6.45, 7) is 7.71. The van der Waals surface area contributed by atoms with E-state index >= 15 is 0 Å². The van der Waals surface area contributed by atoms with Crippen LogP contribution >= 0.6 is 0 Å². The average Bonchev–Trinajstić information content (AvgIpc) is 3.48. The molecule has 4 aromatic carbocycles. The van der Waals surface area contributed by atoms with Gasteiger partial charge in [0.2, 0.25) is 0 Å². The Labute approximate surface area is 235 Å². The second kappa shape index (κ2) is 9.44. The number of carbonyl (C=O) groups is 1. The summed E-state index contributed by atoms with van der Waals surface area (Å²) in [5.74, 6) is 1.84. The van der Waals surface area contributed by atoms with Crippen LogP contribution in [0.1, 0.15) is 65.7 Å². The van der Waals surface area contributed by atoms with Gasteiger partial charge in [-0.05, 0) is 80.6 Å². The number of para-hydroxylation sites is 1. The first-order valence-corrected chi connectivity index (χ1v) is 14.4. The predicted molar refractivity (Wildman–Crippen MR) is 159 cm³/mol.